The molecule has 0 fully saturated rings. The fourth-order valence-corrected chi connectivity index (χ4v) is 5.41. The highest BCUT2D eigenvalue weighted by molar-refractivity contribution is 5.93. The van der Waals surface area contributed by atoms with Gasteiger partial charge in [0.15, 0.2) is 0 Å². The summed E-state index contributed by atoms with van der Waals surface area (Å²) in [7, 11) is 0. The number of benzene rings is 3. The zero-order valence-corrected chi connectivity index (χ0v) is 29.7. The highest BCUT2D eigenvalue weighted by Gasteiger charge is 2.32. The molecular formula is C39H53N5O6. The van der Waals surface area contributed by atoms with E-state index in [0.717, 1.165) is 16.7 Å². The third-order valence-electron chi connectivity index (χ3n) is 8.37. The van der Waals surface area contributed by atoms with Crippen LogP contribution in [-0.2, 0) is 38.4 Å². The summed E-state index contributed by atoms with van der Waals surface area (Å²) in [6.45, 7) is 8.98. The van der Waals surface area contributed by atoms with Gasteiger partial charge in [-0.15, -0.1) is 0 Å². The Morgan fingerprint density at radius 2 is 1.20 bits per heavy atom. The van der Waals surface area contributed by atoms with Crippen molar-refractivity contribution in [1.29, 1.82) is 0 Å². The van der Waals surface area contributed by atoms with E-state index in [1.54, 1.807) is 20.8 Å². The van der Waals surface area contributed by atoms with Crippen molar-refractivity contribution >= 4 is 23.8 Å². The van der Waals surface area contributed by atoms with E-state index in [4.69, 9.17) is 10.5 Å². The Morgan fingerprint density at radius 1 is 0.720 bits per heavy atom. The predicted molar refractivity (Wildman–Crippen MR) is 194 cm³/mol. The molecule has 1 unspecified atom stereocenters. The molecule has 50 heavy (non-hydrogen) atoms. The summed E-state index contributed by atoms with van der Waals surface area (Å²) < 4.78 is 5.46. The van der Waals surface area contributed by atoms with Gasteiger partial charge in [-0.3, -0.25) is 14.4 Å². The smallest absolute Gasteiger partial charge is 0.407 e. The number of ether oxygens (including phenoxy) is 1. The van der Waals surface area contributed by atoms with E-state index in [2.05, 4.69) is 21.3 Å². The fourth-order valence-electron chi connectivity index (χ4n) is 5.41. The van der Waals surface area contributed by atoms with E-state index in [1.165, 1.54) is 0 Å². The lowest BCUT2D eigenvalue weighted by Gasteiger charge is -2.30. The Labute approximate surface area is 295 Å². The van der Waals surface area contributed by atoms with E-state index < -0.39 is 59.7 Å². The molecule has 0 radical (unpaired) electrons. The van der Waals surface area contributed by atoms with Gasteiger partial charge in [-0.1, -0.05) is 111 Å². The van der Waals surface area contributed by atoms with Crippen molar-refractivity contribution in [1.82, 2.24) is 21.3 Å². The van der Waals surface area contributed by atoms with E-state index in [-0.39, 0.29) is 25.3 Å². The van der Waals surface area contributed by atoms with E-state index >= 15 is 0 Å². The van der Waals surface area contributed by atoms with Crippen molar-refractivity contribution in [3.63, 3.8) is 0 Å². The molecule has 0 saturated carbocycles. The molecule has 0 aliphatic rings. The number of aliphatic hydroxyl groups is 1. The van der Waals surface area contributed by atoms with Crippen LogP contribution < -0.4 is 27.0 Å². The second kappa shape index (κ2) is 19.4. The number of rotatable bonds is 18. The van der Waals surface area contributed by atoms with E-state index in [9.17, 15) is 24.3 Å². The number of hydrogen-bond acceptors (Lipinski definition) is 7. The van der Waals surface area contributed by atoms with Crippen LogP contribution >= 0.6 is 0 Å². The van der Waals surface area contributed by atoms with Crippen LogP contribution in [0.4, 0.5) is 4.79 Å². The Morgan fingerprint density at radius 3 is 1.66 bits per heavy atom. The number of primary amides is 1. The largest absolute Gasteiger partial charge is 0.444 e. The van der Waals surface area contributed by atoms with Crippen molar-refractivity contribution < 1.29 is 29.0 Å². The highest BCUT2D eigenvalue weighted by atomic mass is 16.6. The molecule has 0 aliphatic carbocycles. The zero-order chi connectivity index (χ0) is 36.7. The average molecular weight is 688 g/mol. The van der Waals surface area contributed by atoms with Crippen LogP contribution in [0.15, 0.2) is 91.0 Å². The molecule has 7 N–H and O–H groups in total. The molecular weight excluding hydrogens is 634 g/mol. The number of amides is 4. The van der Waals surface area contributed by atoms with Gasteiger partial charge in [0.2, 0.25) is 17.7 Å². The first-order valence-corrected chi connectivity index (χ1v) is 17.2. The Kier molecular flexibility index (Phi) is 15.4. The summed E-state index contributed by atoms with van der Waals surface area (Å²) in [4.78, 5) is 52.7. The van der Waals surface area contributed by atoms with Gasteiger partial charge in [0.05, 0.1) is 18.2 Å². The predicted octanol–water partition coefficient (Wildman–Crippen LogP) is 3.43. The zero-order valence-electron chi connectivity index (χ0n) is 29.7. The van der Waals surface area contributed by atoms with Gasteiger partial charge in [-0.05, 0) is 56.2 Å². The van der Waals surface area contributed by atoms with Crippen LogP contribution in [0.1, 0.15) is 57.7 Å². The molecule has 0 spiro atoms. The van der Waals surface area contributed by atoms with Gasteiger partial charge < -0.3 is 36.8 Å². The first-order valence-electron chi connectivity index (χ1n) is 17.2. The third kappa shape index (κ3) is 13.6. The van der Waals surface area contributed by atoms with E-state index in [0.29, 0.717) is 12.8 Å². The summed E-state index contributed by atoms with van der Waals surface area (Å²) in [6.07, 6.45) is -0.420. The molecule has 11 nitrogen and oxygen atoms in total. The Balaban J connectivity index is 1.80. The van der Waals surface area contributed by atoms with Crippen LogP contribution in [-0.4, -0.2) is 71.3 Å². The van der Waals surface area contributed by atoms with Gasteiger partial charge in [0.25, 0.3) is 0 Å². The van der Waals surface area contributed by atoms with Gasteiger partial charge in [-0.25, -0.2) is 4.79 Å². The quantitative estimate of drug-likeness (QED) is 0.119. The van der Waals surface area contributed by atoms with Gasteiger partial charge >= 0.3 is 6.09 Å². The standard InChI is InChI=1S/C39H53N5O6/c1-6-26(2)34(37(48)42-31(35(40)46)23-28-18-12-8-13-19-28)44-36(47)32(24-29-20-14-9-15-21-29)41-25-33(45)30(22-27-16-10-7-11-17-27)43-38(49)50-39(3,4)5/h7-21,26,30-34,41,45H,6,22-25H2,1-5H3,(H2,40,46)(H,42,48)(H,43,49)(H,44,47)/t26-,30-,31-,32-,33?,34-/m0/s1. The molecule has 0 aromatic heterocycles. The molecule has 270 valence electrons. The van der Waals surface area contributed by atoms with Crippen LogP contribution in [0, 0.1) is 5.92 Å². The molecule has 3 rings (SSSR count). The lowest BCUT2D eigenvalue weighted by molar-refractivity contribution is -0.133. The molecule has 3 aromatic carbocycles. The fraction of sp³-hybridized carbons (Fsp3) is 0.436. The van der Waals surface area contributed by atoms with Crippen LogP contribution in [0.5, 0.6) is 0 Å². The van der Waals surface area contributed by atoms with Gasteiger partial charge in [0.1, 0.15) is 17.7 Å². The molecule has 0 heterocycles. The number of nitrogens with two attached hydrogens (primary N) is 1. The minimum atomic E-state index is -1.11. The van der Waals surface area contributed by atoms with Crippen LogP contribution in [0.25, 0.3) is 0 Å². The maximum atomic E-state index is 14.0. The monoisotopic (exact) mass is 687 g/mol. The van der Waals surface area contributed by atoms with Crippen molar-refractivity contribution in [3.8, 4) is 0 Å². The molecule has 0 saturated heterocycles. The molecule has 0 aliphatic heterocycles. The number of alkyl carbamates (subject to hydrolysis) is 1. The average Bonchev–Trinajstić information content (AvgIpc) is 3.08. The summed E-state index contributed by atoms with van der Waals surface area (Å²) in [5.74, 6) is -1.94. The third-order valence-corrected chi connectivity index (χ3v) is 8.37. The maximum Gasteiger partial charge on any atom is 0.407 e. The normalized spacial score (nSPS) is 15.0. The number of carbonyl (C=O) groups excluding carboxylic acids is 4. The lowest BCUT2D eigenvalue weighted by Crippen LogP contribution is -2.59. The van der Waals surface area contributed by atoms with Crippen molar-refractivity contribution in [2.45, 2.75) is 96.2 Å². The summed E-state index contributed by atoms with van der Waals surface area (Å²) in [5.41, 5.74) is 7.53. The minimum Gasteiger partial charge on any atom is -0.444 e. The maximum absolute atomic E-state index is 14.0. The molecule has 6 atom stereocenters. The van der Waals surface area contributed by atoms with Gasteiger partial charge in [0, 0.05) is 13.0 Å². The second-order valence-electron chi connectivity index (χ2n) is 13.7. The first-order chi connectivity index (χ1) is 23.8. The van der Waals surface area contributed by atoms with Crippen molar-refractivity contribution in [3.05, 3.63) is 108 Å². The first kappa shape index (κ1) is 39.7. The minimum absolute atomic E-state index is 0.0563. The Bertz CT molecular complexity index is 1500. The van der Waals surface area contributed by atoms with Crippen molar-refractivity contribution in [2.75, 3.05) is 6.54 Å². The SMILES string of the molecule is CC[C@H](C)[C@H](NC(=O)[C@H](Cc1ccccc1)NCC(O)[C@H](Cc1ccccc1)NC(=O)OC(C)(C)C)C(=O)N[C@@H](Cc1ccccc1)C(N)=O. The van der Waals surface area contributed by atoms with Crippen LogP contribution in [0.3, 0.4) is 0 Å². The molecule has 3 aromatic rings. The second-order valence-corrected chi connectivity index (χ2v) is 13.7. The number of aliphatic hydroxyl groups excluding tert-OH is 1. The lowest BCUT2D eigenvalue weighted by atomic mass is 9.96. The topological polar surface area (TPSA) is 172 Å². The van der Waals surface area contributed by atoms with Gasteiger partial charge in [-0.2, -0.15) is 0 Å². The highest BCUT2D eigenvalue weighted by Crippen LogP contribution is 2.14. The number of hydrogen-bond donors (Lipinski definition) is 6. The Hall–Kier alpha value is -4.74. The summed E-state index contributed by atoms with van der Waals surface area (Å²) in [5, 5.41) is 23.1. The molecule has 0 bridgehead atoms. The van der Waals surface area contributed by atoms with Crippen LogP contribution in [0.2, 0.25) is 0 Å². The number of carbonyl (C=O) groups is 4. The molecule has 11 heteroatoms. The molecule has 4 amide bonds. The van der Waals surface area contributed by atoms with E-state index in [1.807, 2.05) is 105 Å². The summed E-state index contributed by atoms with van der Waals surface area (Å²) >= 11 is 0. The van der Waals surface area contributed by atoms with Crippen molar-refractivity contribution in [2.24, 2.45) is 11.7 Å². The summed E-state index contributed by atoms with van der Waals surface area (Å²) in [6, 6.07) is 24.5. The number of nitrogens with one attached hydrogen (secondary N) is 4.